The van der Waals surface area contributed by atoms with Crippen molar-refractivity contribution in [3.8, 4) is 11.3 Å². The van der Waals surface area contributed by atoms with Gasteiger partial charge < -0.3 is 16.2 Å². The van der Waals surface area contributed by atoms with E-state index in [9.17, 15) is 22.7 Å². The summed E-state index contributed by atoms with van der Waals surface area (Å²) < 4.78 is 55.4. The van der Waals surface area contributed by atoms with E-state index in [4.69, 9.17) is 5.73 Å². The van der Waals surface area contributed by atoms with Crippen molar-refractivity contribution in [2.75, 3.05) is 13.1 Å². The van der Waals surface area contributed by atoms with Crippen LogP contribution in [0.5, 0.6) is 0 Å². The highest BCUT2D eigenvalue weighted by Gasteiger charge is 2.55. The van der Waals surface area contributed by atoms with E-state index in [2.05, 4.69) is 10.3 Å². The largest absolute Gasteiger partial charge is 0.424 e. The number of hydrogen-bond acceptors (Lipinski definition) is 4. The zero-order chi connectivity index (χ0) is 25.9. The van der Waals surface area contributed by atoms with Gasteiger partial charge in [0.15, 0.2) is 0 Å². The lowest BCUT2D eigenvalue weighted by atomic mass is 9.76. The van der Waals surface area contributed by atoms with Gasteiger partial charge in [-0.05, 0) is 60.4 Å². The molecule has 0 saturated heterocycles. The van der Waals surface area contributed by atoms with E-state index in [-0.39, 0.29) is 5.69 Å². The predicted molar refractivity (Wildman–Crippen MR) is 129 cm³/mol. The molecule has 1 heterocycles. The monoisotopic (exact) mass is 489 g/mol. The molecule has 2 aromatic carbocycles. The molecule has 1 unspecified atom stereocenters. The number of halogens is 4. The first kappa shape index (κ1) is 26.8. The summed E-state index contributed by atoms with van der Waals surface area (Å²) in [5, 5.41) is 14.0. The smallest absolute Gasteiger partial charge is 0.374 e. The van der Waals surface area contributed by atoms with Crippen LogP contribution in [0.2, 0.25) is 0 Å². The van der Waals surface area contributed by atoms with Crippen molar-refractivity contribution in [3.63, 3.8) is 0 Å². The summed E-state index contributed by atoms with van der Waals surface area (Å²) in [4.78, 5) is 4.23. The zero-order valence-electron chi connectivity index (χ0n) is 20.1. The van der Waals surface area contributed by atoms with Crippen LogP contribution in [0.25, 0.3) is 11.3 Å². The van der Waals surface area contributed by atoms with Gasteiger partial charge in [-0.2, -0.15) is 13.2 Å². The molecule has 35 heavy (non-hydrogen) atoms. The Morgan fingerprint density at radius 1 is 1.03 bits per heavy atom. The molecule has 0 bridgehead atoms. The van der Waals surface area contributed by atoms with Crippen LogP contribution in [0.4, 0.5) is 17.6 Å². The van der Waals surface area contributed by atoms with Crippen LogP contribution in [-0.2, 0) is 17.6 Å². The minimum absolute atomic E-state index is 0.247. The maximum Gasteiger partial charge on any atom is 0.424 e. The summed E-state index contributed by atoms with van der Waals surface area (Å²) in [5.41, 5.74) is 4.00. The van der Waals surface area contributed by atoms with Crippen molar-refractivity contribution in [1.82, 2.24) is 10.3 Å². The molecule has 8 heteroatoms. The molecule has 0 aliphatic carbocycles. The molecule has 0 radical (unpaired) electrons. The average Bonchev–Trinajstić information content (AvgIpc) is 2.84. The zero-order valence-corrected chi connectivity index (χ0v) is 20.1. The summed E-state index contributed by atoms with van der Waals surface area (Å²) in [7, 11) is 0. The summed E-state index contributed by atoms with van der Waals surface area (Å²) >= 11 is 0. The Bertz CT molecular complexity index is 1140. The fraction of sp³-hybridized carbons (Fsp3) is 0.370. The molecule has 0 spiro atoms. The summed E-state index contributed by atoms with van der Waals surface area (Å²) in [5.74, 6) is -0.472. The second-order valence-electron chi connectivity index (χ2n) is 9.10. The van der Waals surface area contributed by atoms with E-state index in [1.54, 1.807) is 6.92 Å². The maximum absolute atomic E-state index is 13.9. The third-order valence-corrected chi connectivity index (χ3v) is 6.70. The molecule has 0 aliphatic heterocycles. The molecular weight excluding hydrogens is 458 g/mol. The topological polar surface area (TPSA) is 71.2 Å². The number of benzene rings is 2. The number of aliphatic hydroxyl groups is 1. The molecule has 3 rings (SSSR count). The van der Waals surface area contributed by atoms with Crippen LogP contribution in [-0.4, -0.2) is 29.4 Å². The molecular formula is C27H31F4N3O. The van der Waals surface area contributed by atoms with Crippen LogP contribution in [0.1, 0.15) is 42.7 Å². The van der Waals surface area contributed by atoms with Gasteiger partial charge in [0, 0.05) is 30.6 Å². The Morgan fingerprint density at radius 2 is 1.66 bits per heavy atom. The van der Waals surface area contributed by atoms with Crippen molar-refractivity contribution in [2.24, 2.45) is 5.73 Å². The molecule has 4 nitrogen and oxygen atoms in total. The van der Waals surface area contributed by atoms with Crippen molar-refractivity contribution < 1.29 is 22.7 Å². The van der Waals surface area contributed by atoms with Crippen molar-refractivity contribution in [2.45, 2.75) is 50.9 Å². The number of pyridine rings is 1. The van der Waals surface area contributed by atoms with E-state index in [1.165, 1.54) is 30.3 Å². The van der Waals surface area contributed by atoms with Crippen molar-refractivity contribution >= 4 is 0 Å². The highest BCUT2D eigenvalue weighted by Crippen LogP contribution is 2.42. The Labute approximate surface area is 203 Å². The maximum atomic E-state index is 13.9. The normalized spacial score (nSPS) is 15.5. The van der Waals surface area contributed by atoms with Crippen LogP contribution in [0.15, 0.2) is 60.7 Å². The number of nitrogens with zero attached hydrogens (tertiary/aromatic N) is 1. The van der Waals surface area contributed by atoms with Gasteiger partial charge in [-0.15, -0.1) is 0 Å². The summed E-state index contributed by atoms with van der Waals surface area (Å²) in [6, 6.07) is 16.5. The molecule has 2 atom stereocenters. The van der Waals surface area contributed by atoms with Gasteiger partial charge >= 0.3 is 6.18 Å². The van der Waals surface area contributed by atoms with Crippen LogP contribution < -0.4 is 11.1 Å². The first-order valence-electron chi connectivity index (χ1n) is 11.5. The Morgan fingerprint density at radius 3 is 2.20 bits per heavy atom. The van der Waals surface area contributed by atoms with E-state index in [1.807, 2.05) is 44.2 Å². The van der Waals surface area contributed by atoms with E-state index >= 15 is 0 Å². The number of rotatable bonds is 9. The Kier molecular flexibility index (Phi) is 7.99. The molecule has 4 N–H and O–H groups in total. The van der Waals surface area contributed by atoms with Crippen molar-refractivity contribution in [3.05, 3.63) is 88.9 Å². The van der Waals surface area contributed by atoms with Gasteiger partial charge in [0.2, 0.25) is 5.60 Å². The number of alkyl halides is 3. The number of nitrogens with one attached hydrogen (secondary N) is 1. The second kappa shape index (κ2) is 10.4. The number of nitrogens with two attached hydrogens (primary N) is 1. The highest BCUT2D eigenvalue weighted by atomic mass is 19.4. The molecule has 0 saturated carbocycles. The fourth-order valence-corrected chi connectivity index (χ4v) is 4.19. The molecule has 0 fully saturated rings. The molecule has 0 aliphatic rings. The van der Waals surface area contributed by atoms with Gasteiger partial charge in [0.1, 0.15) is 5.82 Å². The average molecular weight is 490 g/mol. The first-order valence-corrected chi connectivity index (χ1v) is 11.5. The van der Waals surface area contributed by atoms with E-state index < -0.39 is 35.2 Å². The third kappa shape index (κ3) is 5.55. The number of aromatic nitrogens is 1. The quantitative estimate of drug-likeness (QED) is 0.354. The Balaban J connectivity index is 2.13. The van der Waals surface area contributed by atoms with E-state index in [0.717, 1.165) is 5.56 Å². The second-order valence-corrected chi connectivity index (χ2v) is 9.10. The molecule has 188 valence electrons. The Hall–Kier alpha value is -2.81. The third-order valence-electron chi connectivity index (χ3n) is 6.70. The summed E-state index contributed by atoms with van der Waals surface area (Å²) in [6.07, 6.45) is -4.43. The molecule has 1 aromatic heterocycles. The standard InChI is InChI=1S/C27H31F4N3O/c1-4-25(3,17-33-15-19-8-6-5-7-9-19)22-14-23(26(35,16-32)27(29,30)31)34-24(18(22)2)20-10-12-21(28)13-11-20/h5-14,33,35H,4,15-17,32H2,1-3H3/t25-,26?/m0/s1. The van der Waals surface area contributed by atoms with Crippen LogP contribution >= 0.6 is 0 Å². The highest BCUT2D eigenvalue weighted by molar-refractivity contribution is 5.66. The lowest BCUT2D eigenvalue weighted by Gasteiger charge is -2.35. The lowest BCUT2D eigenvalue weighted by Crippen LogP contribution is -2.49. The number of hydrogen-bond donors (Lipinski definition) is 3. The van der Waals surface area contributed by atoms with Gasteiger partial charge in [-0.3, -0.25) is 0 Å². The minimum atomic E-state index is -5.03. The van der Waals surface area contributed by atoms with Gasteiger partial charge in [0.25, 0.3) is 0 Å². The van der Waals surface area contributed by atoms with Crippen LogP contribution in [0, 0.1) is 12.7 Å². The van der Waals surface area contributed by atoms with Crippen molar-refractivity contribution in [1.29, 1.82) is 0 Å². The van der Waals surface area contributed by atoms with Gasteiger partial charge in [-0.25, -0.2) is 9.37 Å². The van der Waals surface area contributed by atoms with Crippen LogP contribution in [0.3, 0.4) is 0 Å². The summed E-state index contributed by atoms with van der Waals surface area (Å²) in [6.45, 7) is 5.68. The van der Waals surface area contributed by atoms with E-state index in [0.29, 0.717) is 36.2 Å². The lowest BCUT2D eigenvalue weighted by molar-refractivity contribution is -0.263. The minimum Gasteiger partial charge on any atom is -0.374 e. The molecule has 3 aromatic rings. The SMILES string of the molecule is CC[C@@](C)(CNCc1ccccc1)c1cc(C(O)(CN)C(F)(F)F)nc(-c2ccc(F)cc2)c1C. The predicted octanol–water partition coefficient (Wildman–Crippen LogP) is 5.36. The first-order chi connectivity index (χ1) is 16.4. The molecule has 0 amide bonds. The van der Waals surface area contributed by atoms with Gasteiger partial charge in [0.05, 0.1) is 11.4 Å². The van der Waals surface area contributed by atoms with Gasteiger partial charge in [-0.1, -0.05) is 44.2 Å². The fourth-order valence-electron chi connectivity index (χ4n) is 4.19.